The lowest BCUT2D eigenvalue weighted by Gasteiger charge is -2.00. The molecule has 0 saturated heterocycles. The van der Waals surface area contributed by atoms with Gasteiger partial charge in [0.2, 0.25) is 0 Å². The second kappa shape index (κ2) is 3.75. The van der Waals surface area contributed by atoms with Crippen LogP contribution in [-0.4, -0.2) is 20.6 Å². The van der Waals surface area contributed by atoms with Crippen molar-refractivity contribution in [1.82, 2.24) is 14.6 Å². The van der Waals surface area contributed by atoms with Crippen LogP contribution in [0.2, 0.25) is 0 Å². The number of hydrogen-bond donors (Lipinski definition) is 1. The zero-order valence-corrected chi connectivity index (χ0v) is 8.22. The maximum Gasteiger partial charge on any atom is 0.155 e. The Labute approximate surface area is 82.8 Å². The monoisotopic (exact) mass is 190 g/mol. The first-order valence-corrected chi connectivity index (χ1v) is 4.80. The van der Waals surface area contributed by atoms with Crippen molar-refractivity contribution in [2.45, 2.75) is 25.8 Å². The molecule has 0 amide bonds. The van der Waals surface area contributed by atoms with E-state index >= 15 is 0 Å². The zero-order valence-electron chi connectivity index (χ0n) is 8.22. The van der Waals surface area contributed by atoms with Gasteiger partial charge < -0.3 is 5.73 Å². The predicted molar refractivity (Wildman–Crippen MR) is 55.0 cm³/mol. The topological polar surface area (TPSA) is 56.2 Å². The highest BCUT2D eigenvalue weighted by molar-refractivity contribution is 5.38. The summed E-state index contributed by atoms with van der Waals surface area (Å²) in [6, 6.07) is 4.10. The van der Waals surface area contributed by atoms with Crippen molar-refractivity contribution in [1.29, 1.82) is 0 Å². The molecule has 2 heterocycles. The van der Waals surface area contributed by atoms with Crippen LogP contribution >= 0.6 is 0 Å². The number of fused-ring (bicyclic) bond motifs is 1. The molecule has 74 valence electrons. The first kappa shape index (κ1) is 9.15. The molecule has 0 aliphatic carbocycles. The minimum Gasteiger partial charge on any atom is -0.328 e. The highest BCUT2D eigenvalue weighted by Crippen LogP contribution is 2.05. The molecule has 2 rings (SSSR count). The smallest absolute Gasteiger partial charge is 0.155 e. The maximum absolute atomic E-state index is 5.68. The molecule has 0 aromatic carbocycles. The normalized spacial score (nSPS) is 13.3. The van der Waals surface area contributed by atoms with E-state index in [9.17, 15) is 0 Å². The minimum atomic E-state index is 0.229. The minimum absolute atomic E-state index is 0.229. The summed E-state index contributed by atoms with van der Waals surface area (Å²) >= 11 is 0. The molecule has 0 spiro atoms. The molecule has 14 heavy (non-hydrogen) atoms. The van der Waals surface area contributed by atoms with Gasteiger partial charge in [-0.1, -0.05) is 0 Å². The van der Waals surface area contributed by atoms with Crippen LogP contribution in [0.4, 0.5) is 0 Å². The standard InChI is InChI=1S/C10H14N4/c1-8(11)3-4-9-7-10-12-5-2-6-14(10)13-9/h2,5-8H,3-4,11H2,1H3. The van der Waals surface area contributed by atoms with Gasteiger partial charge >= 0.3 is 0 Å². The molecular formula is C10H14N4. The zero-order chi connectivity index (χ0) is 9.97. The van der Waals surface area contributed by atoms with Gasteiger partial charge in [0.1, 0.15) is 0 Å². The molecule has 0 bridgehead atoms. The number of aryl methyl sites for hydroxylation is 1. The molecule has 0 aliphatic rings. The van der Waals surface area contributed by atoms with E-state index < -0.39 is 0 Å². The fourth-order valence-corrected chi connectivity index (χ4v) is 1.38. The Kier molecular flexibility index (Phi) is 2.45. The molecule has 2 aromatic rings. The molecule has 2 N–H and O–H groups in total. The third-order valence-corrected chi connectivity index (χ3v) is 2.14. The second-order valence-corrected chi connectivity index (χ2v) is 3.57. The highest BCUT2D eigenvalue weighted by Gasteiger charge is 2.02. The molecule has 1 unspecified atom stereocenters. The largest absolute Gasteiger partial charge is 0.328 e. The van der Waals surface area contributed by atoms with Gasteiger partial charge in [-0.15, -0.1) is 0 Å². The van der Waals surface area contributed by atoms with Crippen LogP contribution in [0, 0.1) is 0 Å². The predicted octanol–water partition coefficient (Wildman–Crippen LogP) is 1.01. The van der Waals surface area contributed by atoms with Crippen molar-refractivity contribution in [3.8, 4) is 0 Å². The lowest BCUT2D eigenvalue weighted by molar-refractivity contribution is 0.654. The summed E-state index contributed by atoms with van der Waals surface area (Å²) in [5, 5.41) is 4.38. The van der Waals surface area contributed by atoms with Crippen LogP contribution < -0.4 is 5.73 Å². The third kappa shape index (κ3) is 1.90. The van der Waals surface area contributed by atoms with Crippen LogP contribution in [0.1, 0.15) is 19.0 Å². The van der Waals surface area contributed by atoms with Gasteiger partial charge in [-0.25, -0.2) is 9.50 Å². The van der Waals surface area contributed by atoms with Gasteiger partial charge in [-0.05, 0) is 25.8 Å². The Bertz CT molecular complexity index is 386. The Morgan fingerprint density at radius 3 is 3.14 bits per heavy atom. The van der Waals surface area contributed by atoms with Gasteiger partial charge in [-0.2, -0.15) is 5.10 Å². The van der Waals surface area contributed by atoms with Crippen molar-refractivity contribution in [2.24, 2.45) is 5.73 Å². The fourth-order valence-electron chi connectivity index (χ4n) is 1.38. The van der Waals surface area contributed by atoms with Crippen LogP contribution in [0.3, 0.4) is 0 Å². The third-order valence-electron chi connectivity index (χ3n) is 2.14. The quantitative estimate of drug-likeness (QED) is 0.785. The lowest BCUT2D eigenvalue weighted by Crippen LogP contribution is -2.15. The first-order chi connectivity index (χ1) is 6.75. The molecule has 0 radical (unpaired) electrons. The van der Waals surface area contributed by atoms with Crippen molar-refractivity contribution in [2.75, 3.05) is 0 Å². The number of rotatable bonds is 3. The van der Waals surface area contributed by atoms with Crippen LogP contribution in [-0.2, 0) is 6.42 Å². The van der Waals surface area contributed by atoms with Crippen molar-refractivity contribution < 1.29 is 0 Å². The van der Waals surface area contributed by atoms with Crippen LogP contribution in [0.25, 0.3) is 5.65 Å². The maximum atomic E-state index is 5.68. The van der Waals surface area contributed by atoms with E-state index in [0.29, 0.717) is 0 Å². The van der Waals surface area contributed by atoms with Crippen LogP contribution in [0.5, 0.6) is 0 Å². The molecule has 0 saturated carbocycles. The van der Waals surface area contributed by atoms with E-state index in [1.54, 1.807) is 10.7 Å². The average molecular weight is 190 g/mol. The summed E-state index contributed by atoms with van der Waals surface area (Å²) < 4.78 is 1.79. The van der Waals surface area contributed by atoms with Gasteiger partial charge in [0.15, 0.2) is 5.65 Å². The van der Waals surface area contributed by atoms with E-state index in [1.165, 1.54) is 0 Å². The average Bonchev–Trinajstić information content (AvgIpc) is 2.57. The molecule has 4 nitrogen and oxygen atoms in total. The van der Waals surface area contributed by atoms with Gasteiger partial charge in [-0.3, -0.25) is 0 Å². The number of nitrogens with two attached hydrogens (primary N) is 1. The van der Waals surface area contributed by atoms with Gasteiger partial charge in [0.05, 0.1) is 5.69 Å². The molecule has 2 aromatic heterocycles. The highest BCUT2D eigenvalue weighted by atomic mass is 15.2. The second-order valence-electron chi connectivity index (χ2n) is 3.57. The Balaban J connectivity index is 2.19. The van der Waals surface area contributed by atoms with Crippen molar-refractivity contribution in [3.05, 3.63) is 30.2 Å². The van der Waals surface area contributed by atoms with E-state index in [-0.39, 0.29) is 6.04 Å². The summed E-state index contributed by atoms with van der Waals surface area (Å²) in [7, 11) is 0. The molecule has 0 fully saturated rings. The van der Waals surface area contributed by atoms with E-state index in [4.69, 9.17) is 5.73 Å². The summed E-state index contributed by atoms with van der Waals surface area (Å²) in [6.45, 7) is 2.01. The Morgan fingerprint density at radius 2 is 2.43 bits per heavy atom. The first-order valence-electron chi connectivity index (χ1n) is 4.80. The summed E-state index contributed by atoms with van der Waals surface area (Å²) in [4.78, 5) is 4.20. The number of nitrogens with zero attached hydrogens (tertiary/aromatic N) is 3. The Hall–Kier alpha value is -1.42. The lowest BCUT2D eigenvalue weighted by atomic mass is 10.1. The summed E-state index contributed by atoms with van der Waals surface area (Å²) in [5.74, 6) is 0. The van der Waals surface area contributed by atoms with Gasteiger partial charge in [0, 0.05) is 24.5 Å². The number of aromatic nitrogens is 3. The summed E-state index contributed by atoms with van der Waals surface area (Å²) in [6.07, 6.45) is 5.55. The molecule has 1 atom stereocenters. The molecule has 4 heteroatoms. The Morgan fingerprint density at radius 1 is 1.57 bits per heavy atom. The van der Waals surface area contributed by atoms with E-state index in [1.807, 2.05) is 25.3 Å². The van der Waals surface area contributed by atoms with Crippen LogP contribution in [0.15, 0.2) is 24.5 Å². The van der Waals surface area contributed by atoms with E-state index in [0.717, 1.165) is 24.2 Å². The number of hydrogen-bond acceptors (Lipinski definition) is 3. The summed E-state index contributed by atoms with van der Waals surface area (Å²) in [5.41, 5.74) is 7.64. The van der Waals surface area contributed by atoms with Crippen molar-refractivity contribution in [3.63, 3.8) is 0 Å². The molecule has 0 aliphatic heterocycles. The molecular weight excluding hydrogens is 176 g/mol. The van der Waals surface area contributed by atoms with Gasteiger partial charge in [0.25, 0.3) is 0 Å². The fraction of sp³-hybridized carbons (Fsp3) is 0.400. The van der Waals surface area contributed by atoms with E-state index in [2.05, 4.69) is 10.1 Å². The SMILES string of the molecule is CC(N)CCc1cc2ncccn2n1. The van der Waals surface area contributed by atoms with Crippen molar-refractivity contribution >= 4 is 5.65 Å².